The SMILES string of the molecule is Cc1ccc(Nc2cc(C(C)(C)C)cc3ccc(Cl)cc23)cc1. The third-order valence-electron chi connectivity index (χ3n) is 4.11. The van der Waals surface area contributed by atoms with Gasteiger partial charge in [-0.3, -0.25) is 0 Å². The highest BCUT2D eigenvalue weighted by Crippen LogP contribution is 2.34. The normalized spacial score (nSPS) is 11.7. The second-order valence-electron chi connectivity index (χ2n) is 7.13. The van der Waals surface area contributed by atoms with Gasteiger partial charge in [-0.05, 0) is 53.6 Å². The summed E-state index contributed by atoms with van der Waals surface area (Å²) in [5.41, 5.74) is 4.84. The average Bonchev–Trinajstić information content (AvgIpc) is 2.49. The summed E-state index contributed by atoms with van der Waals surface area (Å²) in [6.45, 7) is 8.80. The molecule has 0 spiro atoms. The lowest BCUT2D eigenvalue weighted by molar-refractivity contribution is 0.591. The fourth-order valence-corrected chi connectivity index (χ4v) is 2.83. The van der Waals surface area contributed by atoms with Gasteiger partial charge in [-0.25, -0.2) is 0 Å². The molecule has 1 N–H and O–H groups in total. The van der Waals surface area contributed by atoms with Gasteiger partial charge in [0, 0.05) is 21.8 Å². The van der Waals surface area contributed by atoms with Gasteiger partial charge in [-0.15, -0.1) is 0 Å². The molecule has 3 rings (SSSR count). The fraction of sp³-hybridized carbons (Fsp3) is 0.238. The average molecular weight is 324 g/mol. The van der Waals surface area contributed by atoms with Crippen molar-refractivity contribution in [1.82, 2.24) is 0 Å². The molecule has 0 radical (unpaired) electrons. The standard InChI is InChI=1S/C21H22ClN/c1-14-5-9-18(10-6-14)23-20-12-16(21(2,3)4)11-15-7-8-17(22)13-19(15)20/h5-13,23H,1-4H3. The Kier molecular flexibility index (Phi) is 4.08. The monoisotopic (exact) mass is 323 g/mol. The van der Waals surface area contributed by atoms with E-state index in [9.17, 15) is 0 Å². The number of nitrogens with one attached hydrogen (secondary N) is 1. The van der Waals surface area contributed by atoms with Crippen molar-refractivity contribution in [1.29, 1.82) is 0 Å². The highest BCUT2D eigenvalue weighted by Gasteiger charge is 2.16. The molecule has 0 bridgehead atoms. The highest BCUT2D eigenvalue weighted by atomic mass is 35.5. The van der Waals surface area contributed by atoms with Gasteiger partial charge in [0.1, 0.15) is 0 Å². The summed E-state index contributed by atoms with van der Waals surface area (Å²) in [5, 5.41) is 6.66. The van der Waals surface area contributed by atoms with Crippen LogP contribution in [0.1, 0.15) is 31.9 Å². The fourth-order valence-electron chi connectivity index (χ4n) is 2.66. The van der Waals surface area contributed by atoms with Crippen LogP contribution < -0.4 is 5.32 Å². The molecule has 0 fully saturated rings. The molecular weight excluding hydrogens is 302 g/mol. The van der Waals surface area contributed by atoms with Crippen LogP contribution in [0, 0.1) is 6.92 Å². The van der Waals surface area contributed by atoms with Crippen LogP contribution >= 0.6 is 11.6 Å². The Balaban J connectivity index is 2.15. The van der Waals surface area contributed by atoms with Crippen molar-refractivity contribution in [3.63, 3.8) is 0 Å². The first kappa shape index (κ1) is 15.9. The smallest absolute Gasteiger partial charge is 0.0467 e. The van der Waals surface area contributed by atoms with Crippen LogP contribution in [0.4, 0.5) is 11.4 Å². The minimum Gasteiger partial charge on any atom is -0.355 e. The molecule has 1 nitrogen and oxygen atoms in total. The molecule has 0 amide bonds. The van der Waals surface area contributed by atoms with Crippen LogP contribution in [0.15, 0.2) is 54.6 Å². The van der Waals surface area contributed by atoms with Crippen LogP contribution in [0.2, 0.25) is 5.02 Å². The van der Waals surface area contributed by atoms with Crippen molar-refractivity contribution in [2.45, 2.75) is 33.1 Å². The zero-order valence-electron chi connectivity index (χ0n) is 14.1. The first-order valence-corrected chi connectivity index (χ1v) is 8.28. The van der Waals surface area contributed by atoms with E-state index in [1.165, 1.54) is 16.5 Å². The molecule has 0 saturated heterocycles. The molecule has 0 aliphatic heterocycles. The van der Waals surface area contributed by atoms with Crippen molar-refractivity contribution in [3.8, 4) is 0 Å². The summed E-state index contributed by atoms with van der Waals surface area (Å²) >= 11 is 6.22. The molecule has 3 aromatic carbocycles. The Labute approximate surface area is 143 Å². The Morgan fingerprint density at radius 3 is 2.22 bits per heavy atom. The first-order chi connectivity index (χ1) is 10.8. The maximum Gasteiger partial charge on any atom is 0.0467 e. The first-order valence-electron chi connectivity index (χ1n) is 7.90. The Morgan fingerprint density at radius 1 is 0.870 bits per heavy atom. The van der Waals surface area contributed by atoms with Crippen LogP contribution in [0.5, 0.6) is 0 Å². The molecule has 0 atom stereocenters. The van der Waals surface area contributed by atoms with Crippen LogP contribution in [-0.2, 0) is 5.41 Å². The summed E-state index contributed by atoms with van der Waals surface area (Å²) in [6, 6.07) is 19.0. The summed E-state index contributed by atoms with van der Waals surface area (Å²) < 4.78 is 0. The van der Waals surface area contributed by atoms with Crippen LogP contribution in [0.3, 0.4) is 0 Å². The third-order valence-corrected chi connectivity index (χ3v) is 4.35. The molecule has 3 aromatic rings. The van der Waals surface area contributed by atoms with Gasteiger partial charge < -0.3 is 5.32 Å². The zero-order valence-corrected chi connectivity index (χ0v) is 14.8. The number of hydrogen-bond donors (Lipinski definition) is 1. The minimum atomic E-state index is 0.0948. The van der Waals surface area contributed by atoms with Crippen LogP contribution in [-0.4, -0.2) is 0 Å². The van der Waals surface area contributed by atoms with E-state index in [0.29, 0.717) is 0 Å². The number of anilines is 2. The second-order valence-corrected chi connectivity index (χ2v) is 7.57. The van der Waals surface area contributed by atoms with Gasteiger partial charge >= 0.3 is 0 Å². The molecule has 0 aromatic heterocycles. The van der Waals surface area contributed by atoms with Crippen molar-refractivity contribution >= 4 is 33.7 Å². The van der Waals surface area contributed by atoms with Gasteiger partial charge in [-0.1, -0.05) is 62.2 Å². The summed E-state index contributed by atoms with van der Waals surface area (Å²) in [6.07, 6.45) is 0. The van der Waals surface area contributed by atoms with Crippen molar-refractivity contribution < 1.29 is 0 Å². The summed E-state index contributed by atoms with van der Waals surface area (Å²) in [5.74, 6) is 0. The molecule has 0 aliphatic rings. The number of hydrogen-bond acceptors (Lipinski definition) is 1. The molecule has 2 heteroatoms. The number of aryl methyl sites for hydroxylation is 1. The van der Waals surface area contributed by atoms with E-state index in [0.717, 1.165) is 21.8 Å². The Hall–Kier alpha value is -1.99. The summed E-state index contributed by atoms with van der Waals surface area (Å²) in [7, 11) is 0. The van der Waals surface area contributed by atoms with Gasteiger partial charge in [0.05, 0.1) is 0 Å². The van der Waals surface area contributed by atoms with E-state index in [1.54, 1.807) is 0 Å². The predicted molar refractivity (Wildman–Crippen MR) is 102 cm³/mol. The van der Waals surface area contributed by atoms with Crippen molar-refractivity contribution in [2.75, 3.05) is 5.32 Å². The Bertz CT molecular complexity index is 842. The lowest BCUT2D eigenvalue weighted by Crippen LogP contribution is -2.11. The van der Waals surface area contributed by atoms with E-state index in [1.807, 2.05) is 12.1 Å². The van der Waals surface area contributed by atoms with Crippen molar-refractivity contribution in [2.24, 2.45) is 0 Å². The number of rotatable bonds is 2. The lowest BCUT2D eigenvalue weighted by Gasteiger charge is -2.22. The molecule has 23 heavy (non-hydrogen) atoms. The zero-order chi connectivity index (χ0) is 16.6. The minimum absolute atomic E-state index is 0.0948. The van der Waals surface area contributed by atoms with E-state index in [-0.39, 0.29) is 5.41 Å². The third kappa shape index (κ3) is 3.51. The van der Waals surface area contributed by atoms with E-state index in [4.69, 9.17) is 11.6 Å². The van der Waals surface area contributed by atoms with E-state index >= 15 is 0 Å². The molecule has 0 heterocycles. The van der Waals surface area contributed by atoms with E-state index in [2.05, 4.69) is 75.5 Å². The highest BCUT2D eigenvalue weighted by molar-refractivity contribution is 6.31. The van der Waals surface area contributed by atoms with Gasteiger partial charge in [0.2, 0.25) is 0 Å². The quantitative estimate of drug-likeness (QED) is 0.544. The maximum atomic E-state index is 6.22. The molecule has 118 valence electrons. The summed E-state index contributed by atoms with van der Waals surface area (Å²) in [4.78, 5) is 0. The van der Waals surface area contributed by atoms with E-state index < -0.39 is 0 Å². The predicted octanol–water partition coefficient (Wildman–Crippen LogP) is 6.84. The number of halogens is 1. The molecular formula is C21H22ClN. The van der Waals surface area contributed by atoms with Crippen LogP contribution in [0.25, 0.3) is 10.8 Å². The van der Waals surface area contributed by atoms with Gasteiger partial charge in [0.15, 0.2) is 0 Å². The molecule has 0 aliphatic carbocycles. The molecule has 0 unspecified atom stereocenters. The lowest BCUT2D eigenvalue weighted by atomic mass is 9.85. The van der Waals surface area contributed by atoms with Crippen molar-refractivity contribution in [3.05, 3.63) is 70.7 Å². The number of benzene rings is 3. The maximum absolute atomic E-state index is 6.22. The Morgan fingerprint density at radius 2 is 1.57 bits per heavy atom. The topological polar surface area (TPSA) is 12.0 Å². The second kappa shape index (κ2) is 5.90. The largest absolute Gasteiger partial charge is 0.355 e. The van der Waals surface area contributed by atoms with Gasteiger partial charge in [0.25, 0.3) is 0 Å². The molecule has 0 saturated carbocycles. The van der Waals surface area contributed by atoms with Gasteiger partial charge in [-0.2, -0.15) is 0 Å². The number of fused-ring (bicyclic) bond motifs is 1.